The molecular formula is C29H28FN5O3. The second-order valence-electron chi connectivity index (χ2n) is 9.88. The smallest absolute Gasteiger partial charge is 0.227 e. The molecule has 0 aliphatic heterocycles. The molecule has 1 fully saturated rings. The maximum Gasteiger partial charge on any atom is 0.227 e. The molecule has 6 rings (SSSR count). The van der Waals surface area contributed by atoms with Gasteiger partial charge in [0.15, 0.2) is 17.2 Å². The minimum atomic E-state index is -0.586. The van der Waals surface area contributed by atoms with Crippen LogP contribution in [0.15, 0.2) is 65.3 Å². The van der Waals surface area contributed by atoms with Crippen LogP contribution in [0.3, 0.4) is 0 Å². The van der Waals surface area contributed by atoms with E-state index >= 15 is 0 Å². The van der Waals surface area contributed by atoms with Crippen molar-refractivity contribution in [3.05, 3.63) is 72.3 Å². The standard InChI is InChI=1S/C29H28FN5O3/c1-35-17-32-34-27(35)23-14-21(30)7-8-22(23)19-5-3-6-20(13-19)28-33-24-11-18(12-25(37-2)26(24)38-28)15-31-16-29(36)9-4-10-29/h3,5-8,11-14,17,31,36H,4,9-10,15-16H2,1-2H3. The Kier molecular flexibility index (Phi) is 6.17. The number of hydrogen-bond donors (Lipinski definition) is 2. The van der Waals surface area contributed by atoms with Gasteiger partial charge in [-0.25, -0.2) is 9.37 Å². The first-order valence-corrected chi connectivity index (χ1v) is 12.6. The van der Waals surface area contributed by atoms with Gasteiger partial charge in [-0.1, -0.05) is 18.2 Å². The van der Waals surface area contributed by atoms with Gasteiger partial charge >= 0.3 is 0 Å². The number of ether oxygens (including phenoxy) is 1. The van der Waals surface area contributed by atoms with Crippen molar-refractivity contribution in [3.8, 4) is 39.7 Å². The summed E-state index contributed by atoms with van der Waals surface area (Å²) in [4.78, 5) is 4.76. The van der Waals surface area contributed by atoms with Gasteiger partial charge in [0.1, 0.15) is 17.7 Å². The van der Waals surface area contributed by atoms with E-state index in [1.165, 1.54) is 12.1 Å². The minimum absolute atomic E-state index is 0.346. The highest BCUT2D eigenvalue weighted by molar-refractivity contribution is 5.85. The summed E-state index contributed by atoms with van der Waals surface area (Å²) in [7, 11) is 3.43. The molecule has 8 nitrogen and oxygen atoms in total. The van der Waals surface area contributed by atoms with Crippen molar-refractivity contribution in [2.75, 3.05) is 13.7 Å². The summed E-state index contributed by atoms with van der Waals surface area (Å²) in [6, 6.07) is 16.3. The molecule has 0 saturated heterocycles. The van der Waals surface area contributed by atoms with Crippen molar-refractivity contribution >= 4 is 11.1 Å². The van der Waals surface area contributed by atoms with Crippen LogP contribution in [0, 0.1) is 5.82 Å². The molecule has 0 amide bonds. The number of hydrogen-bond acceptors (Lipinski definition) is 7. The van der Waals surface area contributed by atoms with Crippen LogP contribution in [0.2, 0.25) is 0 Å². The fourth-order valence-electron chi connectivity index (χ4n) is 4.94. The number of aromatic nitrogens is 4. The summed E-state index contributed by atoms with van der Waals surface area (Å²) in [5.41, 5.74) is 4.77. The minimum Gasteiger partial charge on any atom is -0.493 e. The number of aryl methyl sites for hydroxylation is 1. The lowest BCUT2D eigenvalue weighted by atomic mass is 9.80. The average molecular weight is 514 g/mol. The van der Waals surface area contributed by atoms with Crippen molar-refractivity contribution in [2.24, 2.45) is 7.05 Å². The third-order valence-electron chi connectivity index (χ3n) is 7.16. The van der Waals surface area contributed by atoms with E-state index in [-0.39, 0.29) is 5.82 Å². The molecule has 1 aliphatic rings. The van der Waals surface area contributed by atoms with Gasteiger partial charge in [-0.05, 0) is 72.4 Å². The summed E-state index contributed by atoms with van der Waals surface area (Å²) in [6.07, 6.45) is 4.34. The Hall–Kier alpha value is -4.08. The molecule has 0 radical (unpaired) electrons. The molecule has 38 heavy (non-hydrogen) atoms. The molecule has 3 aromatic carbocycles. The number of halogens is 1. The Balaban J connectivity index is 1.33. The van der Waals surface area contributed by atoms with Crippen molar-refractivity contribution in [1.29, 1.82) is 0 Å². The molecule has 0 spiro atoms. The third-order valence-corrected chi connectivity index (χ3v) is 7.16. The molecular weight excluding hydrogens is 485 g/mol. The van der Waals surface area contributed by atoms with Crippen LogP contribution in [0.25, 0.3) is 45.1 Å². The summed E-state index contributed by atoms with van der Waals surface area (Å²) >= 11 is 0. The quantitative estimate of drug-likeness (QED) is 0.298. The highest BCUT2D eigenvalue weighted by Gasteiger charge is 2.33. The number of rotatable bonds is 8. The topological polar surface area (TPSA) is 98.2 Å². The summed E-state index contributed by atoms with van der Waals surface area (Å²) in [5.74, 6) is 1.28. The molecule has 5 aromatic rings. The van der Waals surface area contributed by atoms with Crippen molar-refractivity contribution in [2.45, 2.75) is 31.4 Å². The third kappa shape index (κ3) is 4.55. The van der Waals surface area contributed by atoms with Gasteiger partial charge in [-0.15, -0.1) is 10.2 Å². The number of aliphatic hydroxyl groups is 1. The number of oxazole rings is 1. The molecule has 194 valence electrons. The predicted molar refractivity (Wildman–Crippen MR) is 142 cm³/mol. The van der Waals surface area contributed by atoms with E-state index < -0.39 is 5.60 Å². The molecule has 1 saturated carbocycles. The first-order valence-electron chi connectivity index (χ1n) is 12.6. The predicted octanol–water partition coefficient (Wildman–Crippen LogP) is 5.11. The second-order valence-corrected chi connectivity index (χ2v) is 9.88. The Bertz CT molecular complexity index is 1620. The Morgan fingerprint density at radius 2 is 1.95 bits per heavy atom. The molecule has 0 unspecified atom stereocenters. The first-order chi connectivity index (χ1) is 18.4. The Labute approximate surface area is 219 Å². The van der Waals surface area contributed by atoms with Crippen LogP contribution in [-0.2, 0) is 13.6 Å². The molecule has 1 aliphatic carbocycles. The van der Waals surface area contributed by atoms with Crippen LogP contribution < -0.4 is 10.1 Å². The summed E-state index contributed by atoms with van der Waals surface area (Å²) < 4.78 is 27.7. The fraction of sp³-hybridized carbons (Fsp3) is 0.276. The van der Waals surface area contributed by atoms with Crippen LogP contribution >= 0.6 is 0 Å². The molecule has 2 N–H and O–H groups in total. The van der Waals surface area contributed by atoms with Crippen LogP contribution in [0.4, 0.5) is 4.39 Å². The van der Waals surface area contributed by atoms with Crippen molar-refractivity contribution in [1.82, 2.24) is 25.1 Å². The van der Waals surface area contributed by atoms with E-state index in [1.54, 1.807) is 24.1 Å². The molecule has 0 atom stereocenters. The number of nitrogens with zero attached hydrogens (tertiary/aromatic N) is 4. The van der Waals surface area contributed by atoms with Gasteiger partial charge < -0.3 is 24.1 Å². The van der Waals surface area contributed by atoms with Crippen LogP contribution in [0.5, 0.6) is 5.75 Å². The monoisotopic (exact) mass is 513 g/mol. The summed E-state index contributed by atoms with van der Waals surface area (Å²) in [5, 5.41) is 21.8. The molecule has 2 aromatic heterocycles. The zero-order valence-electron chi connectivity index (χ0n) is 21.2. The van der Waals surface area contributed by atoms with Gasteiger partial charge in [0, 0.05) is 31.3 Å². The van der Waals surface area contributed by atoms with Gasteiger partial charge in [-0.3, -0.25) is 0 Å². The lowest BCUT2D eigenvalue weighted by molar-refractivity contribution is -0.0314. The Morgan fingerprint density at radius 1 is 1.11 bits per heavy atom. The number of nitrogens with one attached hydrogen (secondary N) is 1. The van der Waals surface area contributed by atoms with Crippen LogP contribution in [-0.4, -0.2) is 44.1 Å². The largest absolute Gasteiger partial charge is 0.493 e. The van der Waals surface area contributed by atoms with E-state index in [2.05, 4.69) is 15.5 Å². The number of fused-ring (bicyclic) bond motifs is 1. The van der Waals surface area contributed by atoms with E-state index in [1.807, 2.05) is 43.4 Å². The number of benzene rings is 3. The maximum atomic E-state index is 14.2. The highest BCUT2D eigenvalue weighted by atomic mass is 19.1. The lowest BCUT2D eigenvalue weighted by Crippen LogP contribution is -2.45. The SMILES string of the molecule is COc1cc(CNCC2(O)CCC2)cc2nc(-c3cccc(-c4ccc(F)cc4-c4nncn4C)c3)oc12. The van der Waals surface area contributed by atoms with Crippen molar-refractivity contribution < 1.29 is 18.7 Å². The highest BCUT2D eigenvalue weighted by Crippen LogP contribution is 2.36. The Morgan fingerprint density at radius 3 is 2.68 bits per heavy atom. The van der Waals surface area contributed by atoms with E-state index in [9.17, 15) is 9.50 Å². The van der Waals surface area contributed by atoms with E-state index in [0.717, 1.165) is 41.5 Å². The van der Waals surface area contributed by atoms with Gasteiger partial charge in [0.2, 0.25) is 5.89 Å². The first kappa shape index (κ1) is 24.3. The van der Waals surface area contributed by atoms with Crippen molar-refractivity contribution in [3.63, 3.8) is 0 Å². The maximum absolute atomic E-state index is 14.2. The molecule has 9 heteroatoms. The zero-order chi connectivity index (χ0) is 26.3. The number of methoxy groups -OCH3 is 1. The zero-order valence-corrected chi connectivity index (χ0v) is 21.2. The second kappa shape index (κ2) is 9.66. The van der Waals surface area contributed by atoms with Crippen LogP contribution in [0.1, 0.15) is 24.8 Å². The normalized spacial score (nSPS) is 14.5. The van der Waals surface area contributed by atoms with Gasteiger partial charge in [-0.2, -0.15) is 0 Å². The summed E-state index contributed by atoms with van der Waals surface area (Å²) in [6.45, 7) is 1.14. The fourth-order valence-corrected chi connectivity index (χ4v) is 4.94. The average Bonchev–Trinajstić information content (AvgIpc) is 3.53. The van der Waals surface area contributed by atoms with Gasteiger partial charge in [0.25, 0.3) is 0 Å². The van der Waals surface area contributed by atoms with Gasteiger partial charge in [0.05, 0.1) is 12.7 Å². The lowest BCUT2D eigenvalue weighted by Gasteiger charge is -2.36. The van der Waals surface area contributed by atoms with E-state index in [0.29, 0.717) is 47.2 Å². The molecule has 2 heterocycles. The molecule has 0 bridgehead atoms. The van der Waals surface area contributed by atoms with E-state index in [4.69, 9.17) is 14.1 Å².